The molecule has 0 aliphatic carbocycles. The molecule has 0 radical (unpaired) electrons. The van der Waals surface area contributed by atoms with Gasteiger partial charge in [-0.1, -0.05) is 19.9 Å². The Morgan fingerprint density at radius 1 is 1.32 bits per heavy atom. The number of H-pyrrole nitrogens is 1. The van der Waals surface area contributed by atoms with Gasteiger partial charge in [0.15, 0.2) is 11.5 Å². The second-order valence-electron chi connectivity index (χ2n) is 5.10. The first-order chi connectivity index (χ1) is 10.4. The molecule has 1 aromatic carbocycles. The number of ether oxygens (including phenoxy) is 1. The third-order valence-corrected chi connectivity index (χ3v) is 3.65. The molecule has 0 atom stereocenters. The van der Waals surface area contributed by atoms with Crippen molar-refractivity contribution in [1.29, 1.82) is 0 Å². The van der Waals surface area contributed by atoms with Crippen LogP contribution in [0.15, 0.2) is 27.5 Å². The van der Waals surface area contributed by atoms with Crippen molar-refractivity contribution in [2.45, 2.75) is 19.8 Å². The number of aromatic hydroxyl groups is 1. The Bertz CT molecular complexity index is 766. The number of hydrogen-bond acceptors (Lipinski definition) is 4. The van der Waals surface area contributed by atoms with Crippen LogP contribution in [0.5, 0.6) is 11.5 Å². The molecule has 0 saturated heterocycles. The van der Waals surface area contributed by atoms with Crippen molar-refractivity contribution in [3.05, 3.63) is 50.1 Å². The first-order valence-corrected chi connectivity index (χ1v) is 7.56. The molecule has 0 spiro atoms. The maximum Gasteiger partial charge on any atom is 0.251 e. The highest BCUT2D eigenvalue weighted by Gasteiger charge is 2.07. The van der Waals surface area contributed by atoms with E-state index in [9.17, 15) is 9.90 Å². The lowest BCUT2D eigenvalue weighted by molar-refractivity contribution is 0.372. The van der Waals surface area contributed by atoms with Crippen molar-refractivity contribution in [2.75, 3.05) is 7.11 Å². The van der Waals surface area contributed by atoms with Crippen LogP contribution >= 0.6 is 15.9 Å². The summed E-state index contributed by atoms with van der Waals surface area (Å²) >= 11 is 3.27. The SMILES string of the molecule is COc1cc(/C=C/c2cc(=O)[nH]c(C(C)C)n2)cc(Br)c1O. The maximum atomic E-state index is 11.6. The van der Waals surface area contributed by atoms with Crippen molar-refractivity contribution in [3.8, 4) is 11.5 Å². The Balaban J connectivity index is 2.37. The summed E-state index contributed by atoms with van der Waals surface area (Å²) in [6.45, 7) is 3.93. The van der Waals surface area contributed by atoms with E-state index in [1.54, 1.807) is 24.3 Å². The molecule has 0 bridgehead atoms. The van der Waals surface area contributed by atoms with E-state index in [0.29, 0.717) is 21.7 Å². The number of aromatic amines is 1. The molecule has 0 saturated carbocycles. The first-order valence-electron chi connectivity index (χ1n) is 6.76. The Morgan fingerprint density at radius 2 is 2.05 bits per heavy atom. The molecule has 0 amide bonds. The highest BCUT2D eigenvalue weighted by molar-refractivity contribution is 9.10. The van der Waals surface area contributed by atoms with Gasteiger partial charge >= 0.3 is 0 Å². The minimum absolute atomic E-state index is 0.0519. The third kappa shape index (κ3) is 3.76. The molecule has 2 rings (SSSR count). The first kappa shape index (κ1) is 16.3. The largest absolute Gasteiger partial charge is 0.503 e. The molecule has 1 heterocycles. The van der Waals surface area contributed by atoms with Crippen LogP contribution in [-0.4, -0.2) is 22.2 Å². The standard InChI is InChI=1S/C16H17BrN2O3/c1-9(2)16-18-11(8-14(20)19-16)5-4-10-6-12(17)15(21)13(7-10)22-3/h4-9,21H,1-3H3,(H,18,19,20)/b5-4+. The van der Waals surface area contributed by atoms with Gasteiger partial charge in [-0.25, -0.2) is 4.98 Å². The molecule has 0 aliphatic rings. The number of nitrogens with one attached hydrogen (secondary N) is 1. The summed E-state index contributed by atoms with van der Waals surface area (Å²) in [6, 6.07) is 4.90. The topological polar surface area (TPSA) is 75.2 Å². The molecular formula is C16H17BrN2O3. The molecule has 0 unspecified atom stereocenters. The molecule has 6 heteroatoms. The van der Waals surface area contributed by atoms with Crippen molar-refractivity contribution >= 4 is 28.1 Å². The zero-order valence-electron chi connectivity index (χ0n) is 12.6. The van der Waals surface area contributed by atoms with Crippen molar-refractivity contribution < 1.29 is 9.84 Å². The van der Waals surface area contributed by atoms with E-state index in [2.05, 4.69) is 25.9 Å². The number of methoxy groups -OCH3 is 1. The molecule has 2 aromatic rings. The fourth-order valence-electron chi connectivity index (χ4n) is 1.88. The fraction of sp³-hybridized carbons (Fsp3) is 0.250. The summed E-state index contributed by atoms with van der Waals surface area (Å²) in [5, 5.41) is 9.79. The van der Waals surface area contributed by atoms with E-state index >= 15 is 0 Å². The number of halogens is 1. The predicted octanol–water partition coefficient (Wildman–Crippen LogP) is 3.54. The van der Waals surface area contributed by atoms with Crippen molar-refractivity contribution in [3.63, 3.8) is 0 Å². The molecule has 0 aliphatic heterocycles. The molecule has 2 N–H and O–H groups in total. The maximum absolute atomic E-state index is 11.6. The Labute approximate surface area is 136 Å². The third-order valence-electron chi connectivity index (χ3n) is 3.04. The summed E-state index contributed by atoms with van der Waals surface area (Å²) in [5.41, 5.74) is 1.22. The number of phenols is 1. The average Bonchev–Trinajstić information content (AvgIpc) is 2.47. The lowest BCUT2D eigenvalue weighted by Crippen LogP contribution is -2.12. The van der Waals surface area contributed by atoms with Gasteiger partial charge < -0.3 is 14.8 Å². The Hall–Kier alpha value is -2.08. The van der Waals surface area contributed by atoms with E-state index < -0.39 is 0 Å². The monoisotopic (exact) mass is 364 g/mol. The van der Waals surface area contributed by atoms with Gasteiger partial charge in [-0.05, 0) is 39.7 Å². The van der Waals surface area contributed by atoms with Crippen LogP contribution in [-0.2, 0) is 0 Å². The Morgan fingerprint density at radius 3 is 2.68 bits per heavy atom. The lowest BCUT2D eigenvalue weighted by Gasteiger charge is -2.07. The van der Waals surface area contributed by atoms with Gasteiger partial charge in [0.1, 0.15) is 5.82 Å². The zero-order valence-corrected chi connectivity index (χ0v) is 14.1. The summed E-state index contributed by atoms with van der Waals surface area (Å²) in [6.07, 6.45) is 3.55. The number of benzene rings is 1. The van der Waals surface area contributed by atoms with Gasteiger partial charge in [-0.3, -0.25) is 4.79 Å². The molecular weight excluding hydrogens is 348 g/mol. The van der Waals surface area contributed by atoms with Gasteiger partial charge in [-0.15, -0.1) is 0 Å². The van der Waals surface area contributed by atoms with Crippen molar-refractivity contribution in [1.82, 2.24) is 9.97 Å². The van der Waals surface area contributed by atoms with Gasteiger partial charge in [0.05, 0.1) is 17.3 Å². The van der Waals surface area contributed by atoms with E-state index in [0.717, 1.165) is 5.56 Å². The number of hydrogen-bond donors (Lipinski definition) is 2. The van der Waals surface area contributed by atoms with Crippen LogP contribution < -0.4 is 10.3 Å². The molecule has 116 valence electrons. The summed E-state index contributed by atoms with van der Waals surface area (Å²) < 4.78 is 5.64. The number of aromatic nitrogens is 2. The van der Waals surface area contributed by atoms with E-state index in [1.165, 1.54) is 13.2 Å². The quantitative estimate of drug-likeness (QED) is 0.869. The number of rotatable bonds is 4. The predicted molar refractivity (Wildman–Crippen MR) is 90.2 cm³/mol. The second kappa shape index (κ2) is 6.79. The molecule has 0 fully saturated rings. The Kier molecular flexibility index (Phi) is 5.03. The van der Waals surface area contributed by atoms with Gasteiger partial charge in [0.2, 0.25) is 0 Å². The van der Waals surface area contributed by atoms with Gasteiger partial charge in [0.25, 0.3) is 5.56 Å². The minimum atomic E-state index is -0.178. The van der Waals surface area contributed by atoms with Crippen LogP contribution in [0.25, 0.3) is 12.2 Å². The van der Waals surface area contributed by atoms with Crippen molar-refractivity contribution in [2.24, 2.45) is 0 Å². The highest BCUT2D eigenvalue weighted by Crippen LogP contribution is 2.35. The van der Waals surface area contributed by atoms with Crippen LogP contribution in [0.4, 0.5) is 0 Å². The van der Waals surface area contributed by atoms with Crippen LogP contribution in [0.3, 0.4) is 0 Å². The molecule has 5 nitrogen and oxygen atoms in total. The number of nitrogens with zero attached hydrogens (tertiary/aromatic N) is 1. The summed E-state index contributed by atoms with van der Waals surface area (Å²) in [4.78, 5) is 18.8. The lowest BCUT2D eigenvalue weighted by atomic mass is 10.1. The average molecular weight is 365 g/mol. The van der Waals surface area contributed by atoms with E-state index in [4.69, 9.17) is 4.74 Å². The van der Waals surface area contributed by atoms with Crippen LogP contribution in [0.2, 0.25) is 0 Å². The van der Waals surface area contributed by atoms with Gasteiger partial charge in [-0.2, -0.15) is 0 Å². The summed E-state index contributed by atoms with van der Waals surface area (Å²) in [7, 11) is 1.49. The molecule has 22 heavy (non-hydrogen) atoms. The normalized spacial score (nSPS) is 11.3. The minimum Gasteiger partial charge on any atom is -0.503 e. The van der Waals surface area contributed by atoms with Gasteiger partial charge in [0, 0.05) is 12.0 Å². The van der Waals surface area contributed by atoms with E-state index in [1.807, 2.05) is 13.8 Å². The highest BCUT2D eigenvalue weighted by atomic mass is 79.9. The van der Waals surface area contributed by atoms with Crippen LogP contribution in [0, 0.1) is 0 Å². The number of phenolic OH excluding ortho intramolecular Hbond substituents is 1. The smallest absolute Gasteiger partial charge is 0.251 e. The van der Waals surface area contributed by atoms with E-state index in [-0.39, 0.29) is 17.2 Å². The zero-order chi connectivity index (χ0) is 16.3. The van der Waals surface area contributed by atoms with Crippen LogP contribution in [0.1, 0.15) is 36.8 Å². The fourth-order valence-corrected chi connectivity index (χ4v) is 2.34. The molecule has 1 aromatic heterocycles. The second-order valence-corrected chi connectivity index (χ2v) is 5.95. The summed E-state index contributed by atoms with van der Waals surface area (Å²) in [5.74, 6) is 1.22.